The third-order valence-corrected chi connectivity index (χ3v) is 4.73. The second kappa shape index (κ2) is 8.89. The molecule has 0 spiro atoms. The molecule has 0 fully saturated rings. The fourth-order valence-electron chi connectivity index (χ4n) is 2.41. The van der Waals surface area contributed by atoms with E-state index in [2.05, 4.69) is 11.7 Å². The van der Waals surface area contributed by atoms with Crippen LogP contribution >= 0.6 is 0 Å². The van der Waals surface area contributed by atoms with Crippen molar-refractivity contribution in [1.29, 1.82) is 0 Å². The number of hydrogen-bond donors (Lipinski definition) is 0. The van der Waals surface area contributed by atoms with Gasteiger partial charge in [-0.2, -0.15) is 5.10 Å². The van der Waals surface area contributed by atoms with E-state index in [0.29, 0.717) is 13.1 Å². The van der Waals surface area contributed by atoms with Crippen molar-refractivity contribution in [2.45, 2.75) is 12.8 Å². The third-order valence-electron chi connectivity index (χ3n) is 3.66. The van der Waals surface area contributed by atoms with Crippen LogP contribution in [0.3, 0.4) is 0 Å². The molecule has 1 aromatic carbocycles. The highest BCUT2D eigenvalue weighted by atomic mass is 32.2. The summed E-state index contributed by atoms with van der Waals surface area (Å²) in [5.41, 5.74) is 3.13. The zero-order chi connectivity index (χ0) is 17.5. The monoisotopic (exact) mass is 349 g/mol. The molecule has 0 radical (unpaired) electrons. The van der Waals surface area contributed by atoms with Crippen molar-refractivity contribution in [1.82, 2.24) is 14.1 Å². The maximum absolute atomic E-state index is 12.3. The van der Waals surface area contributed by atoms with Crippen LogP contribution in [-0.4, -0.2) is 45.3 Å². The molecular formula is C17H23N3O3S. The summed E-state index contributed by atoms with van der Waals surface area (Å²) in [6, 6.07) is 8.00. The fourth-order valence-corrected chi connectivity index (χ4v) is 3.15. The lowest BCUT2D eigenvalue weighted by atomic mass is 10.0. The molecule has 7 heteroatoms. The summed E-state index contributed by atoms with van der Waals surface area (Å²) in [4.78, 5) is 0. The number of aromatic nitrogens is 2. The lowest BCUT2D eigenvalue weighted by Crippen LogP contribution is -2.34. The number of ether oxygens (including phenoxy) is 2. The molecule has 1 unspecified atom stereocenters. The number of rotatable bonds is 9. The van der Waals surface area contributed by atoms with Gasteiger partial charge in [-0.05, 0) is 11.1 Å². The van der Waals surface area contributed by atoms with Crippen LogP contribution in [0, 0.1) is 0 Å². The van der Waals surface area contributed by atoms with Gasteiger partial charge in [0, 0.05) is 45.0 Å². The first-order chi connectivity index (χ1) is 11.6. The number of methoxy groups -OCH3 is 2. The normalized spacial score (nSPS) is 12.7. The summed E-state index contributed by atoms with van der Waals surface area (Å²) in [5, 5.41) is 5.64. The van der Waals surface area contributed by atoms with Crippen LogP contribution in [-0.2, 0) is 34.1 Å². The number of hydrogen-bond acceptors (Lipinski definition) is 4. The van der Waals surface area contributed by atoms with Crippen molar-refractivity contribution in [3.8, 4) is 11.1 Å². The first kappa shape index (κ1) is 18.5. The SMILES string of the molecule is C=CS(=O)N(Cc1ccccc1-c1cnn(C)c1)CC(OC)OC. The Bertz CT molecular complexity index is 698. The Kier molecular flexibility index (Phi) is 6.86. The fraction of sp³-hybridized carbons (Fsp3) is 0.353. The van der Waals surface area contributed by atoms with Gasteiger partial charge < -0.3 is 9.47 Å². The molecule has 0 N–H and O–H groups in total. The van der Waals surface area contributed by atoms with Gasteiger partial charge in [0.05, 0.1) is 12.7 Å². The summed E-state index contributed by atoms with van der Waals surface area (Å²) in [5.74, 6) is 0. The zero-order valence-corrected chi connectivity index (χ0v) is 15.0. The molecule has 24 heavy (non-hydrogen) atoms. The Morgan fingerprint density at radius 1 is 1.38 bits per heavy atom. The van der Waals surface area contributed by atoms with Crippen LogP contribution in [0.5, 0.6) is 0 Å². The van der Waals surface area contributed by atoms with Crippen LogP contribution in [0.1, 0.15) is 5.56 Å². The summed E-state index contributed by atoms with van der Waals surface area (Å²) in [7, 11) is 3.67. The van der Waals surface area contributed by atoms with Crippen molar-refractivity contribution in [3.05, 3.63) is 54.2 Å². The maximum Gasteiger partial charge on any atom is 0.170 e. The van der Waals surface area contributed by atoms with Gasteiger partial charge in [0.15, 0.2) is 6.29 Å². The highest BCUT2D eigenvalue weighted by Gasteiger charge is 2.19. The molecule has 0 saturated heterocycles. The molecule has 1 aromatic heterocycles. The van der Waals surface area contributed by atoms with Gasteiger partial charge in [0.1, 0.15) is 11.0 Å². The predicted octanol–water partition coefficient (Wildman–Crippen LogP) is 2.32. The molecule has 0 aliphatic rings. The van der Waals surface area contributed by atoms with E-state index in [1.54, 1.807) is 23.2 Å². The molecule has 1 heterocycles. The lowest BCUT2D eigenvalue weighted by molar-refractivity contribution is -0.108. The van der Waals surface area contributed by atoms with Gasteiger partial charge in [-0.25, -0.2) is 8.51 Å². The van der Waals surface area contributed by atoms with Crippen molar-refractivity contribution in [2.75, 3.05) is 20.8 Å². The lowest BCUT2D eigenvalue weighted by Gasteiger charge is -2.24. The molecule has 0 aliphatic heterocycles. The van der Waals surface area contributed by atoms with E-state index in [-0.39, 0.29) is 0 Å². The Morgan fingerprint density at radius 3 is 2.67 bits per heavy atom. The van der Waals surface area contributed by atoms with E-state index in [4.69, 9.17) is 9.47 Å². The van der Waals surface area contributed by atoms with E-state index < -0.39 is 17.3 Å². The van der Waals surface area contributed by atoms with E-state index in [9.17, 15) is 4.21 Å². The topological polar surface area (TPSA) is 56.6 Å². The highest BCUT2D eigenvalue weighted by Crippen LogP contribution is 2.25. The van der Waals surface area contributed by atoms with E-state index in [1.807, 2.05) is 43.7 Å². The van der Waals surface area contributed by atoms with Crippen LogP contribution in [0.25, 0.3) is 11.1 Å². The first-order valence-corrected chi connectivity index (χ1v) is 8.66. The Labute approximate surface area is 145 Å². The number of aryl methyl sites for hydroxylation is 1. The minimum atomic E-state index is -1.33. The van der Waals surface area contributed by atoms with E-state index in [1.165, 1.54) is 5.41 Å². The summed E-state index contributed by atoms with van der Waals surface area (Å²) < 4.78 is 26.3. The first-order valence-electron chi connectivity index (χ1n) is 7.49. The summed E-state index contributed by atoms with van der Waals surface area (Å²) >= 11 is 0. The Hall–Kier alpha value is -1.80. The largest absolute Gasteiger partial charge is 0.355 e. The van der Waals surface area contributed by atoms with Gasteiger partial charge in [-0.15, -0.1) is 0 Å². The van der Waals surface area contributed by atoms with Crippen LogP contribution in [0.4, 0.5) is 0 Å². The molecule has 0 saturated carbocycles. The maximum atomic E-state index is 12.3. The Balaban J connectivity index is 2.29. The van der Waals surface area contributed by atoms with Crippen molar-refractivity contribution >= 4 is 11.0 Å². The van der Waals surface area contributed by atoms with Gasteiger partial charge in [0.2, 0.25) is 0 Å². The zero-order valence-electron chi connectivity index (χ0n) is 14.2. The molecule has 2 aromatic rings. The van der Waals surface area contributed by atoms with Crippen molar-refractivity contribution < 1.29 is 13.7 Å². The highest BCUT2D eigenvalue weighted by molar-refractivity contribution is 7.85. The summed E-state index contributed by atoms with van der Waals surface area (Å²) in [6.45, 7) is 4.48. The second-order valence-corrected chi connectivity index (χ2v) is 6.63. The third kappa shape index (κ3) is 4.61. The van der Waals surface area contributed by atoms with Gasteiger partial charge in [-0.1, -0.05) is 30.8 Å². The van der Waals surface area contributed by atoms with E-state index in [0.717, 1.165) is 16.7 Å². The van der Waals surface area contributed by atoms with Crippen molar-refractivity contribution in [2.24, 2.45) is 7.05 Å². The van der Waals surface area contributed by atoms with Gasteiger partial charge >= 0.3 is 0 Å². The standard InChI is InChI=1S/C17H23N3O3S/c1-5-24(21)20(13-17(22-3)23-4)12-14-8-6-7-9-16(14)15-10-18-19(2)11-15/h5-11,17H,1,12-13H2,2-4H3. The Morgan fingerprint density at radius 2 is 2.08 bits per heavy atom. The number of nitrogens with zero attached hydrogens (tertiary/aromatic N) is 3. The molecule has 0 bridgehead atoms. The molecule has 1 atom stereocenters. The predicted molar refractivity (Wildman–Crippen MR) is 95.2 cm³/mol. The average Bonchev–Trinajstić information content (AvgIpc) is 3.04. The van der Waals surface area contributed by atoms with E-state index >= 15 is 0 Å². The smallest absolute Gasteiger partial charge is 0.170 e. The minimum absolute atomic E-state index is 0.368. The molecule has 0 amide bonds. The second-order valence-electron chi connectivity index (χ2n) is 5.23. The number of benzene rings is 1. The molecule has 0 aliphatic carbocycles. The van der Waals surface area contributed by atoms with Crippen LogP contribution < -0.4 is 0 Å². The quantitative estimate of drug-likeness (QED) is 0.652. The minimum Gasteiger partial charge on any atom is -0.355 e. The van der Waals surface area contributed by atoms with Gasteiger partial charge in [-0.3, -0.25) is 4.68 Å². The van der Waals surface area contributed by atoms with Gasteiger partial charge in [0.25, 0.3) is 0 Å². The molecule has 2 rings (SSSR count). The summed E-state index contributed by atoms with van der Waals surface area (Å²) in [6.07, 6.45) is 3.32. The average molecular weight is 349 g/mol. The molecule has 6 nitrogen and oxygen atoms in total. The molecule has 130 valence electrons. The van der Waals surface area contributed by atoms with Crippen LogP contribution in [0.15, 0.2) is 48.6 Å². The molecular weight excluding hydrogens is 326 g/mol. The van der Waals surface area contributed by atoms with Crippen LogP contribution in [0.2, 0.25) is 0 Å². The van der Waals surface area contributed by atoms with Crippen molar-refractivity contribution in [3.63, 3.8) is 0 Å².